The van der Waals surface area contributed by atoms with Gasteiger partial charge in [0.05, 0.1) is 16.1 Å². The summed E-state index contributed by atoms with van der Waals surface area (Å²) in [7, 11) is 0. The first-order valence-corrected chi connectivity index (χ1v) is 6.77. The third-order valence-corrected chi connectivity index (χ3v) is 2.98. The molecule has 0 radical (unpaired) electrons. The largest absolute Gasteiger partial charge is 0.461 e. The van der Waals surface area contributed by atoms with E-state index < -0.39 is 17.2 Å². The normalized spacial score (nSPS) is 10.9. The van der Waals surface area contributed by atoms with Gasteiger partial charge in [-0.1, -0.05) is 0 Å². The summed E-state index contributed by atoms with van der Waals surface area (Å²) < 4.78 is 33.2. The van der Waals surface area contributed by atoms with Crippen LogP contribution in [0.5, 0.6) is 6.01 Å². The lowest BCUT2D eigenvalue weighted by Gasteiger charge is -2.10. The molecule has 0 amide bonds. The lowest BCUT2D eigenvalue weighted by atomic mass is 10.2. The second kappa shape index (κ2) is 5.97. The van der Waals surface area contributed by atoms with Crippen LogP contribution < -0.4 is 4.74 Å². The maximum Gasteiger partial charge on any atom is 0.321 e. The molecule has 0 spiro atoms. The van der Waals surface area contributed by atoms with Crippen LogP contribution in [-0.4, -0.2) is 21.1 Å². The molecule has 0 fully saturated rings. The van der Waals surface area contributed by atoms with Crippen molar-refractivity contribution in [2.45, 2.75) is 20.0 Å². The van der Waals surface area contributed by atoms with Gasteiger partial charge >= 0.3 is 6.01 Å². The van der Waals surface area contributed by atoms with E-state index in [1.807, 2.05) is 0 Å². The number of aromatic nitrogens is 3. The lowest BCUT2D eigenvalue weighted by Crippen LogP contribution is -2.10. The van der Waals surface area contributed by atoms with Crippen LogP contribution in [0.1, 0.15) is 13.8 Å². The van der Waals surface area contributed by atoms with Gasteiger partial charge < -0.3 is 4.74 Å². The van der Waals surface area contributed by atoms with Gasteiger partial charge in [0.15, 0.2) is 11.6 Å². The summed E-state index contributed by atoms with van der Waals surface area (Å²) in [4.78, 5) is 11.4. The minimum absolute atomic E-state index is 0.0891. The second-order valence-electron chi connectivity index (χ2n) is 4.10. The fourth-order valence-electron chi connectivity index (χ4n) is 1.44. The summed E-state index contributed by atoms with van der Waals surface area (Å²) in [5, 5.41) is -0.204. The van der Waals surface area contributed by atoms with Crippen LogP contribution in [0.3, 0.4) is 0 Å². The second-order valence-corrected chi connectivity index (χ2v) is 5.29. The third kappa shape index (κ3) is 3.21. The maximum atomic E-state index is 14.0. The molecule has 20 heavy (non-hydrogen) atoms. The van der Waals surface area contributed by atoms with Crippen LogP contribution in [0.4, 0.5) is 8.78 Å². The highest BCUT2D eigenvalue weighted by Gasteiger charge is 2.19. The SMILES string of the molecule is CC(C)Oc1nc(Cl)nc(-c2c(F)ccc(Br)c2F)n1. The maximum absolute atomic E-state index is 14.0. The average molecular weight is 365 g/mol. The van der Waals surface area contributed by atoms with E-state index in [1.165, 1.54) is 6.07 Å². The summed E-state index contributed by atoms with van der Waals surface area (Å²) in [5.74, 6) is -1.84. The molecule has 0 unspecified atom stereocenters. The van der Waals surface area contributed by atoms with Crippen molar-refractivity contribution >= 4 is 27.5 Å². The smallest absolute Gasteiger partial charge is 0.321 e. The Morgan fingerprint density at radius 2 is 1.90 bits per heavy atom. The predicted octanol–water partition coefficient (Wildman–Crippen LogP) is 4.02. The number of rotatable bonds is 3. The van der Waals surface area contributed by atoms with Crippen LogP contribution in [-0.2, 0) is 0 Å². The van der Waals surface area contributed by atoms with Gasteiger partial charge in [-0.2, -0.15) is 15.0 Å². The van der Waals surface area contributed by atoms with Gasteiger partial charge in [-0.3, -0.25) is 0 Å². The molecule has 0 N–H and O–H groups in total. The van der Waals surface area contributed by atoms with Crippen molar-refractivity contribution < 1.29 is 13.5 Å². The molecule has 0 aliphatic carbocycles. The molecule has 4 nitrogen and oxygen atoms in total. The summed E-state index contributed by atoms with van der Waals surface area (Å²) in [6.45, 7) is 3.52. The number of nitrogens with zero attached hydrogens (tertiary/aromatic N) is 3. The predicted molar refractivity (Wildman–Crippen MR) is 73.7 cm³/mol. The number of ether oxygens (including phenoxy) is 1. The van der Waals surface area contributed by atoms with Crippen molar-refractivity contribution in [3.63, 3.8) is 0 Å². The Labute approximate surface area is 127 Å². The summed E-state index contributed by atoms with van der Waals surface area (Å²) in [6.07, 6.45) is -0.210. The van der Waals surface area contributed by atoms with E-state index in [4.69, 9.17) is 16.3 Å². The van der Waals surface area contributed by atoms with E-state index >= 15 is 0 Å². The zero-order valence-electron chi connectivity index (χ0n) is 10.5. The van der Waals surface area contributed by atoms with Gasteiger partial charge in [-0.15, -0.1) is 0 Å². The minimum Gasteiger partial charge on any atom is -0.461 e. The lowest BCUT2D eigenvalue weighted by molar-refractivity contribution is 0.221. The molecule has 0 saturated heterocycles. The van der Waals surface area contributed by atoms with Gasteiger partial charge in [-0.25, -0.2) is 8.78 Å². The fourth-order valence-corrected chi connectivity index (χ4v) is 1.92. The Bertz CT molecular complexity index is 655. The highest BCUT2D eigenvalue weighted by molar-refractivity contribution is 9.10. The van der Waals surface area contributed by atoms with Crippen molar-refractivity contribution in [2.24, 2.45) is 0 Å². The fraction of sp³-hybridized carbons (Fsp3) is 0.250. The Kier molecular flexibility index (Phi) is 4.49. The van der Waals surface area contributed by atoms with Crippen LogP contribution in [0, 0.1) is 11.6 Å². The zero-order chi connectivity index (χ0) is 14.9. The molecule has 0 aliphatic heterocycles. The molecule has 0 saturated carbocycles. The molecule has 0 bridgehead atoms. The highest BCUT2D eigenvalue weighted by atomic mass is 79.9. The van der Waals surface area contributed by atoms with Gasteiger partial charge in [0.25, 0.3) is 0 Å². The van der Waals surface area contributed by atoms with E-state index in [-0.39, 0.29) is 27.7 Å². The summed E-state index contributed by atoms with van der Waals surface area (Å²) >= 11 is 8.71. The molecule has 1 heterocycles. The van der Waals surface area contributed by atoms with E-state index in [2.05, 4.69) is 30.9 Å². The van der Waals surface area contributed by atoms with Gasteiger partial charge in [0.1, 0.15) is 5.82 Å². The Hall–Kier alpha value is -1.34. The summed E-state index contributed by atoms with van der Waals surface area (Å²) in [5.41, 5.74) is -0.391. The van der Waals surface area contributed by atoms with E-state index in [0.717, 1.165) is 6.07 Å². The molecule has 0 aliphatic rings. The monoisotopic (exact) mass is 363 g/mol. The number of halogens is 4. The zero-order valence-corrected chi connectivity index (χ0v) is 12.8. The van der Waals surface area contributed by atoms with E-state index in [1.54, 1.807) is 13.8 Å². The van der Waals surface area contributed by atoms with E-state index in [0.29, 0.717) is 0 Å². The average Bonchev–Trinajstić information content (AvgIpc) is 2.33. The number of hydrogen-bond donors (Lipinski definition) is 0. The molecule has 2 rings (SSSR count). The molecule has 1 aromatic heterocycles. The number of hydrogen-bond acceptors (Lipinski definition) is 4. The third-order valence-electron chi connectivity index (χ3n) is 2.20. The molecule has 8 heteroatoms. The molecule has 2 aromatic rings. The van der Waals surface area contributed by atoms with Crippen LogP contribution >= 0.6 is 27.5 Å². The Morgan fingerprint density at radius 1 is 1.20 bits per heavy atom. The van der Waals surface area contributed by atoms with Gasteiger partial charge in [0, 0.05) is 0 Å². The van der Waals surface area contributed by atoms with Crippen molar-refractivity contribution in [1.82, 2.24) is 15.0 Å². The highest BCUT2D eigenvalue weighted by Crippen LogP contribution is 2.29. The molecular weight excluding hydrogens is 356 g/mol. The van der Waals surface area contributed by atoms with Gasteiger partial charge in [0.2, 0.25) is 5.28 Å². The quantitative estimate of drug-likeness (QED) is 0.772. The first-order chi connectivity index (χ1) is 9.38. The topological polar surface area (TPSA) is 47.9 Å². The first kappa shape index (κ1) is 15.1. The van der Waals surface area contributed by atoms with Crippen molar-refractivity contribution in [3.8, 4) is 17.4 Å². The van der Waals surface area contributed by atoms with Crippen molar-refractivity contribution in [1.29, 1.82) is 0 Å². The number of benzene rings is 1. The standard InChI is InChI=1S/C12H9BrClF2N3O/c1-5(2)20-12-18-10(17-11(14)19-12)8-7(15)4-3-6(13)9(8)16/h3-5H,1-2H3. The molecule has 0 atom stereocenters. The van der Waals surface area contributed by atoms with Crippen LogP contribution in [0.25, 0.3) is 11.4 Å². The van der Waals surface area contributed by atoms with E-state index in [9.17, 15) is 8.78 Å². The molecule has 106 valence electrons. The van der Waals surface area contributed by atoms with Crippen molar-refractivity contribution in [2.75, 3.05) is 0 Å². The summed E-state index contributed by atoms with van der Waals surface area (Å²) in [6, 6.07) is 2.26. The minimum atomic E-state index is -0.817. The molecular formula is C12H9BrClF2N3O. The van der Waals surface area contributed by atoms with Crippen LogP contribution in [0.2, 0.25) is 5.28 Å². The molecule has 1 aromatic carbocycles. The van der Waals surface area contributed by atoms with Crippen LogP contribution in [0.15, 0.2) is 16.6 Å². The Balaban J connectivity index is 2.58. The first-order valence-electron chi connectivity index (χ1n) is 5.60. The van der Waals surface area contributed by atoms with Gasteiger partial charge in [-0.05, 0) is 53.5 Å². The Morgan fingerprint density at radius 3 is 2.55 bits per heavy atom. The van der Waals surface area contributed by atoms with Crippen molar-refractivity contribution in [3.05, 3.63) is 33.5 Å².